The molecule has 1 heterocycles. The van der Waals surface area contributed by atoms with Crippen molar-refractivity contribution < 1.29 is 14.2 Å². The summed E-state index contributed by atoms with van der Waals surface area (Å²) in [4.78, 5) is 13.4. The van der Waals surface area contributed by atoms with Crippen LogP contribution in [0.15, 0.2) is 29.1 Å². The van der Waals surface area contributed by atoms with Crippen molar-refractivity contribution in [1.29, 1.82) is 5.26 Å². The van der Waals surface area contributed by atoms with Gasteiger partial charge in [-0.2, -0.15) is 5.26 Å². The maximum Gasteiger partial charge on any atom is 0.251 e. The summed E-state index contributed by atoms with van der Waals surface area (Å²) >= 11 is 0. The first-order valence-electron chi connectivity index (χ1n) is 5.27. The number of nitrogens with one attached hydrogen (secondary N) is 1. The molecule has 0 aliphatic heterocycles. The minimum atomic E-state index is -0.622. The molecule has 0 radical (unpaired) electrons. The second-order valence-corrected chi connectivity index (χ2v) is 3.73. The minimum Gasteiger partial charge on any atom is -0.494 e. The highest BCUT2D eigenvalue weighted by atomic mass is 19.1. The molecule has 2 aromatic rings. The molecule has 96 valence electrons. The Morgan fingerprint density at radius 1 is 1.42 bits per heavy atom. The number of aromatic hydroxyl groups is 1. The van der Waals surface area contributed by atoms with E-state index in [-0.39, 0.29) is 16.9 Å². The lowest BCUT2D eigenvalue weighted by Gasteiger charge is -2.07. The van der Waals surface area contributed by atoms with Gasteiger partial charge in [0.15, 0.2) is 11.6 Å². The molecule has 0 spiro atoms. The fourth-order valence-electron chi connectivity index (χ4n) is 1.72. The van der Waals surface area contributed by atoms with Crippen molar-refractivity contribution >= 4 is 0 Å². The summed E-state index contributed by atoms with van der Waals surface area (Å²) < 4.78 is 18.4. The van der Waals surface area contributed by atoms with E-state index in [0.29, 0.717) is 5.56 Å². The van der Waals surface area contributed by atoms with E-state index in [1.54, 1.807) is 6.07 Å². The zero-order valence-corrected chi connectivity index (χ0v) is 9.90. The fraction of sp³-hybridized carbons (Fsp3) is 0.0769. The molecule has 0 atom stereocenters. The first-order chi connectivity index (χ1) is 9.06. The SMILES string of the molecule is COc1ccc(-c2cc(=O)[nH]c(O)c2C#N)cc1F. The van der Waals surface area contributed by atoms with Crippen LogP contribution in [0, 0.1) is 17.1 Å². The third-order valence-electron chi connectivity index (χ3n) is 2.60. The Hall–Kier alpha value is -2.81. The molecule has 0 aliphatic carbocycles. The van der Waals surface area contributed by atoms with E-state index in [1.165, 1.54) is 19.2 Å². The molecule has 0 saturated carbocycles. The number of ether oxygens (including phenoxy) is 1. The Morgan fingerprint density at radius 2 is 2.16 bits per heavy atom. The van der Waals surface area contributed by atoms with E-state index >= 15 is 0 Å². The fourth-order valence-corrected chi connectivity index (χ4v) is 1.72. The van der Waals surface area contributed by atoms with Crippen molar-refractivity contribution in [3.8, 4) is 28.8 Å². The molecule has 2 N–H and O–H groups in total. The van der Waals surface area contributed by atoms with Gasteiger partial charge in [-0.05, 0) is 17.7 Å². The highest BCUT2D eigenvalue weighted by Crippen LogP contribution is 2.29. The maximum absolute atomic E-state index is 13.6. The van der Waals surface area contributed by atoms with Crippen LogP contribution in [-0.2, 0) is 0 Å². The number of methoxy groups -OCH3 is 1. The van der Waals surface area contributed by atoms with Crippen LogP contribution >= 0.6 is 0 Å². The molecule has 0 amide bonds. The average molecular weight is 260 g/mol. The van der Waals surface area contributed by atoms with Gasteiger partial charge in [-0.15, -0.1) is 0 Å². The van der Waals surface area contributed by atoms with Gasteiger partial charge in [-0.3, -0.25) is 9.78 Å². The Labute approximate surface area is 107 Å². The third kappa shape index (κ3) is 2.26. The predicted octanol–water partition coefficient (Wildman–Crippen LogP) is 1.77. The molecule has 6 heteroatoms. The molecule has 1 aromatic carbocycles. The smallest absolute Gasteiger partial charge is 0.251 e. The minimum absolute atomic E-state index is 0.0521. The van der Waals surface area contributed by atoms with E-state index in [9.17, 15) is 14.3 Å². The molecule has 19 heavy (non-hydrogen) atoms. The molecule has 2 rings (SSSR count). The molecule has 0 unspecified atom stereocenters. The van der Waals surface area contributed by atoms with E-state index in [2.05, 4.69) is 4.98 Å². The van der Waals surface area contributed by atoms with Crippen molar-refractivity contribution in [3.05, 3.63) is 46.0 Å². The second kappa shape index (κ2) is 4.82. The van der Waals surface area contributed by atoms with E-state index in [0.717, 1.165) is 12.1 Å². The normalized spacial score (nSPS) is 9.95. The average Bonchev–Trinajstić information content (AvgIpc) is 2.37. The van der Waals surface area contributed by atoms with Gasteiger partial charge in [0.2, 0.25) is 5.88 Å². The van der Waals surface area contributed by atoms with Crippen LogP contribution in [0.3, 0.4) is 0 Å². The van der Waals surface area contributed by atoms with Gasteiger partial charge in [0, 0.05) is 11.6 Å². The van der Waals surface area contributed by atoms with E-state index in [1.807, 2.05) is 0 Å². The number of aromatic nitrogens is 1. The Kier molecular flexibility index (Phi) is 3.21. The number of hydrogen-bond donors (Lipinski definition) is 2. The summed E-state index contributed by atoms with van der Waals surface area (Å²) in [5.41, 5.74) is -0.242. The van der Waals surface area contributed by atoms with Gasteiger partial charge in [-0.1, -0.05) is 6.07 Å². The predicted molar refractivity (Wildman–Crippen MR) is 65.4 cm³/mol. The van der Waals surface area contributed by atoms with Gasteiger partial charge in [0.25, 0.3) is 5.56 Å². The number of benzene rings is 1. The van der Waals surface area contributed by atoms with Gasteiger partial charge < -0.3 is 9.84 Å². The number of rotatable bonds is 2. The number of hydrogen-bond acceptors (Lipinski definition) is 4. The lowest BCUT2D eigenvalue weighted by Crippen LogP contribution is -2.06. The van der Waals surface area contributed by atoms with Crippen LogP contribution in [0.2, 0.25) is 0 Å². The van der Waals surface area contributed by atoms with Crippen molar-refractivity contribution in [1.82, 2.24) is 4.98 Å². The highest BCUT2D eigenvalue weighted by molar-refractivity contribution is 5.72. The van der Waals surface area contributed by atoms with Gasteiger partial charge >= 0.3 is 0 Å². The van der Waals surface area contributed by atoms with Gasteiger partial charge in [-0.25, -0.2) is 4.39 Å². The number of H-pyrrole nitrogens is 1. The van der Waals surface area contributed by atoms with Gasteiger partial charge in [0.1, 0.15) is 11.6 Å². The Balaban J connectivity index is 2.69. The lowest BCUT2D eigenvalue weighted by molar-refractivity contribution is 0.386. The third-order valence-corrected chi connectivity index (χ3v) is 2.60. The van der Waals surface area contributed by atoms with Crippen LogP contribution in [0.1, 0.15) is 5.56 Å². The molecular formula is C13H9FN2O3. The molecule has 5 nitrogen and oxygen atoms in total. The van der Waals surface area contributed by atoms with Crippen molar-refractivity contribution in [2.75, 3.05) is 7.11 Å². The molecule has 0 aliphatic rings. The summed E-state index contributed by atoms with van der Waals surface area (Å²) in [6.45, 7) is 0. The molecule has 0 saturated heterocycles. The number of pyridine rings is 1. The van der Waals surface area contributed by atoms with Crippen LogP contribution < -0.4 is 10.3 Å². The number of nitriles is 1. The largest absolute Gasteiger partial charge is 0.494 e. The highest BCUT2D eigenvalue weighted by Gasteiger charge is 2.13. The lowest BCUT2D eigenvalue weighted by atomic mass is 10.0. The maximum atomic E-state index is 13.6. The molecule has 0 fully saturated rings. The standard InChI is InChI=1S/C13H9FN2O3/c1-19-11-3-2-7(4-10(11)14)8-5-12(17)16-13(18)9(8)6-15/h2-5H,1H3,(H2,16,17,18). The first-order valence-corrected chi connectivity index (χ1v) is 5.27. The second-order valence-electron chi connectivity index (χ2n) is 3.73. The summed E-state index contributed by atoms with van der Waals surface area (Å²) in [6.07, 6.45) is 0. The zero-order chi connectivity index (χ0) is 14.0. The zero-order valence-electron chi connectivity index (χ0n) is 9.90. The van der Waals surface area contributed by atoms with E-state index in [4.69, 9.17) is 10.00 Å². The van der Waals surface area contributed by atoms with Crippen LogP contribution in [0.25, 0.3) is 11.1 Å². The van der Waals surface area contributed by atoms with Crippen LogP contribution in [-0.4, -0.2) is 17.2 Å². The monoisotopic (exact) mass is 260 g/mol. The van der Waals surface area contributed by atoms with Gasteiger partial charge in [0.05, 0.1) is 7.11 Å². The number of halogens is 1. The first kappa shape index (κ1) is 12.6. The van der Waals surface area contributed by atoms with Crippen molar-refractivity contribution in [2.45, 2.75) is 0 Å². The topological polar surface area (TPSA) is 86.1 Å². The van der Waals surface area contributed by atoms with E-state index < -0.39 is 17.3 Å². The van der Waals surface area contributed by atoms with Crippen LogP contribution in [0.4, 0.5) is 4.39 Å². The summed E-state index contributed by atoms with van der Waals surface area (Å²) in [7, 11) is 1.33. The molecular weight excluding hydrogens is 251 g/mol. The van der Waals surface area contributed by atoms with Crippen molar-refractivity contribution in [3.63, 3.8) is 0 Å². The number of aromatic amines is 1. The molecule has 0 bridgehead atoms. The van der Waals surface area contributed by atoms with Crippen LogP contribution in [0.5, 0.6) is 11.6 Å². The molecule has 1 aromatic heterocycles. The summed E-state index contributed by atoms with van der Waals surface area (Å²) in [5, 5.41) is 18.5. The summed E-state index contributed by atoms with van der Waals surface area (Å²) in [6, 6.07) is 6.90. The Morgan fingerprint density at radius 3 is 2.74 bits per heavy atom. The summed E-state index contributed by atoms with van der Waals surface area (Å²) in [5.74, 6) is -1.11. The number of nitrogens with zero attached hydrogens (tertiary/aromatic N) is 1. The Bertz CT molecular complexity index is 732. The quantitative estimate of drug-likeness (QED) is 0.861. The van der Waals surface area contributed by atoms with Crippen molar-refractivity contribution in [2.24, 2.45) is 0 Å².